The molecule has 13 unspecified atom stereocenters. The molecule has 2 saturated heterocycles. The average molecular weight is 1690 g/mol. The van der Waals surface area contributed by atoms with Crippen molar-refractivity contribution >= 4 is 76.5 Å². The lowest BCUT2D eigenvalue weighted by Crippen LogP contribution is -2.66. The van der Waals surface area contributed by atoms with Crippen LogP contribution in [0.3, 0.4) is 0 Å². The molecule has 14 rings (SSSR count). The summed E-state index contributed by atoms with van der Waals surface area (Å²) in [5.41, 5.74) is 9.93. The Labute approximate surface area is 687 Å². The number of nitrogens with one attached hydrogen (secondary N) is 7. The molecule has 22 N–H and O–H groups in total. The van der Waals surface area contributed by atoms with E-state index in [9.17, 15) is 84.9 Å². The molecule has 0 aliphatic carbocycles. The van der Waals surface area contributed by atoms with E-state index in [0.717, 1.165) is 83.9 Å². The van der Waals surface area contributed by atoms with E-state index in [0.29, 0.717) is 5.56 Å². The quantitative estimate of drug-likeness (QED) is 0.0521. The molecule has 7 aromatic rings. The van der Waals surface area contributed by atoms with Crippen LogP contribution in [0.2, 0.25) is 10.0 Å². The third-order valence-electron chi connectivity index (χ3n) is 20.9. The molecule has 7 aromatic carbocycles. The van der Waals surface area contributed by atoms with Crippen LogP contribution in [0.15, 0.2) is 133 Å². The molecule has 38 heteroatoms. The van der Waals surface area contributed by atoms with Gasteiger partial charge in [-0.2, -0.15) is 0 Å². The largest absolute Gasteiger partial charge is 0.508 e. The summed E-state index contributed by atoms with van der Waals surface area (Å²) in [6, 6.07) is 15.2. The highest BCUT2D eigenvalue weighted by atomic mass is 35.5. The minimum Gasteiger partial charge on any atom is -0.508 e. The minimum absolute atomic E-state index is 0.0524. The number of primary amides is 1. The minimum atomic E-state index is -2.41. The predicted molar refractivity (Wildman–Crippen MR) is 416 cm³/mol. The molecular weight excluding hydrogens is 1600 g/mol. The van der Waals surface area contributed by atoms with E-state index in [-0.39, 0.29) is 42.1 Å². The molecule has 0 spiro atoms. The number of fused-ring (bicyclic) bond motifs is 15. The number of nitrogens with two attached hydrogens (primary N) is 2. The summed E-state index contributed by atoms with van der Waals surface area (Å²) in [4.78, 5) is 130. The van der Waals surface area contributed by atoms with Gasteiger partial charge in [-0.15, -0.1) is 0 Å². The predicted octanol–water partition coefficient (Wildman–Crippen LogP) is 2.81. The van der Waals surface area contributed by atoms with Gasteiger partial charge in [0.15, 0.2) is 36.0 Å². The third kappa shape index (κ3) is 19.4. The highest BCUT2D eigenvalue weighted by molar-refractivity contribution is 6.32. The number of carboxylic acids is 2. The van der Waals surface area contributed by atoms with Gasteiger partial charge in [0.1, 0.15) is 89.5 Å². The van der Waals surface area contributed by atoms with E-state index in [1.54, 1.807) is 26.0 Å². The lowest BCUT2D eigenvalue weighted by Gasteiger charge is -2.48. The van der Waals surface area contributed by atoms with Gasteiger partial charge in [0, 0.05) is 41.3 Å². The van der Waals surface area contributed by atoms with Crippen LogP contribution in [0.1, 0.15) is 111 Å². The summed E-state index contributed by atoms with van der Waals surface area (Å²) in [6.07, 6.45) is -21.6. The molecule has 7 heterocycles. The van der Waals surface area contributed by atoms with Crippen molar-refractivity contribution in [3.63, 3.8) is 0 Å². The molecule has 7 amide bonds. The maximum absolute atomic E-state index is 16.2. The van der Waals surface area contributed by atoms with Crippen molar-refractivity contribution in [3.05, 3.63) is 177 Å². The molecule has 7 aliphatic rings. The Hall–Kier alpha value is -11.3. The Morgan fingerprint density at radius 1 is 0.664 bits per heavy atom. The smallest absolute Gasteiger partial charge is 0.334 e. The number of phenolic OH excluding ortho intramolecular Hbond substituents is 3. The topological polar surface area (TPSA) is 577 Å². The number of aliphatic carboxylic acids is 2. The Morgan fingerprint density at radius 2 is 1.28 bits per heavy atom. The van der Waals surface area contributed by atoms with Gasteiger partial charge in [-0.3, -0.25) is 33.6 Å². The lowest BCUT2D eigenvalue weighted by atomic mass is 9.84. The first-order valence-electron chi connectivity index (χ1n) is 37.5. The first kappa shape index (κ1) is 87.0. The van der Waals surface area contributed by atoms with Gasteiger partial charge in [0.25, 0.3) is 0 Å². The maximum atomic E-state index is 16.2. The van der Waals surface area contributed by atoms with Gasteiger partial charge in [-0.1, -0.05) is 110 Å². The number of aromatic hydroxyl groups is 3. The number of amides is 7. The van der Waals surface area contributed by atoms with Crippen molar-refractivity contribution in [2.45, 2.75) is 169 Å². The van der Waals surface area contributed by atoms with Gasteiger partial charge in [0.2, 0.25) is 53.4 Å². The van der Waals surface area contributed by atoms with E-state index in [2.05, 4.69) is 37.2 Å². The molecule has 119 heavy (non-hydrogen) atoms. The van der Waals surface area contributed by atoms with Crippen LogP contribution in [0, 0.1) is 5.92 Å². The summed E-state index contributed by atoms with van der Waals surface area (Å²) < 4.78 is 45.1. The van der Waals surface area contributed by atoms with E-state index >= 15 is 14.4 Å². The van der Waals surface area contributed by atoms with E-state index in [4.69, 9.17) is 67.8 Å². The number of aliphatic hydroxyl groups is 6. The van der Waals surface area contributed by atoms with Crippen LogP contribution in [-0.4, -0.2) is 208 Å². The first-order chi connectivity index (χ1) is 56.5. The van der Waals surface area contributed by atoms with Crippen molar-refractivity contribution in [1.82, 2.24) is 37.2 Å². The highest BCUT2D eigenvalue weighted by Gasteiger charge is 2.53. The summed E-state index contributed by atoms with van der Waals surface area (Å²) >= 11 is 14.2. The summed E-state index contributed by atoms with van der Waals surface area (Å²) in [5.74, 6) is -18.2. The number of halogens is 2. The zero-order chi connectivity index (χ0) is 85.9. The van der Waals surface area contributed by atoms with Gasteiger partial charge in [-0.25, -0.2) is 9.59 Å². The summed E-state index contributed by atoms with van der Waals surface area (Å²) in [7, 11) is 0. The van der Waals surface area contributed by atoms with Gasteiger partial charge in [0.05, 0.1) is 47.9 Å². The number of ether oxygens (including phenoxy) is 7. The number of hydrogen-bond donors (Lipinski definition) is 20. The Kier molecular flexibility index (Phi) is 26.7. The summed E-state index contributed by atoms with van der Waals surface area (Å²) in [5, 5.41) is 143. The standard InChI is InChI=1S/C81H87Cl2N9O27/c1-33(2)20-47(84)72(103)91-63-65(98)39-15-18-51(45(82)22-39)115-53-24-41-25-54(69(53)119-80-70(68(101)67(100)56(31-93)117-80)118-58-29-81(4,71(102)34(3)114-58)86-30-55(78(109)110)113-32-35-10-12-37(13-11-35)36-8-6-5-7-9-36)116-52-19-16-40(23-46(52)83)66(99)64-77(108)90-62(79(111)112)44-26-42(94)27-50(96)59(44)43-21-38(14-17-49(43)95)60(74(105)92-64)89-75(106)61(41)88-73(104)48(28-57(85)97)87-76(63)107/h5-19,21-27,33-34,47-48,55-56,58,60-68,70-71,80,86,93-96,98-102H,20,28-32,84H2,1-4H3,(H2,85,97)(H,87,107)(H,88,104)(H,89,106)(H,90,108)(H,91,103)(H,92,105)(H,109,110)(H,111,112)/t34?,47-,48+,55?,56?,58?,60?,61-,62?,63?,64+,65-,66-,67?,68?,70?,71?,80?,81?/m1/s1. The van der Waals surface area contributed by atoms with E-state index < -0.39 is 267 Å². The van der Waals surface area contributed by atoms with Gasteiger partial charge < -0.3 is 138 Å². The maximum Gasteiger partial charge on any atom is 0.334 e. The monoisotopic (exact) mass is 1690 g/mol. The second-order valence-corrected chi connectivity index (χ2v) is 30.8. The fraction of sp³-hybridized carbons (Fsp3) is 0.370. The van der Waals surface area contributed by atoms with Crippen molar-refractivity contribution in [1.29, 1.82) is 0 Å². The van der Waals surface area contributed by atoms with Gasteiger partial charge in [-0.05, 0) is 120 Å². The number of aliphatic hydroxyl groups excluding tert-OH is 6. The van der Waals surface area contributed by atoms with Crippen molar-refractivity contribution in [2.75, 3.05) is 13.2 Å². The van der Waals surface area contributed by atoms with E-state index in [1.165, 1.54) is 19.9 Å². The van der Waals surface area contributed by atoms with Crippen molar-refractivity contribution in [2.24, 2.45) is 17.4 Å². The summed E-state index contributed by atoms with van der Waals surface area (Å²) in [6.45, 7) is 4.90. The van der Waals surface area contributed by atoms with Crippen molar-refractivity contribution in [3.8, 4) is 68.2 Å². The number of phenols is 3. The van der Waals surface area contributed by atoms with Crippen LogP contribution in [0.4, 0.5) is 0 Å². The first-order valence-corrected chi connectivity index (χ1v) is 38.2. The molecule has 632 valence electrons. The zero-order valence-electron chi connectivity index (χ0n) is 63.8. The Morgan fingerprint density at radius 3 is 1.89 bits per heavy atom. The van der Waals surface area contributed by atoms with Crippen LogP contribution >= 0.6 is 23.2 Å². The zero-order valence-corrected chi connectivity index (χ0v) is 65.3. The second kappa shape index (κ2) is 36.5. The van der Waals surface area contributed by atoms with Crippen LogP contribution in [-0.2, 0) is 68.7 Å². The number of carbonyl (C=O) groups is 9. The molecule has 7 aliphatic heterocycles. The molecule has 2 fully saturated rings. The van der Waals surface area contributed by atoms with Crippen LogP contribution < -0.4 is 62.9 Å². The second-order valence-electron chi connectivity index (χ2n) is 30.0. The number of benzene rings is 7. The molecule has 11 bridgehead atoms. The number of rotatable bonds is 20. The molecular formula is C81H87Cl2N9O27. The normalized spacial score (nSPS) is 27.0. The molecule has 0 radical (unpaired) electrons. The van der Waals surface area contributed by atoms with Crippen molar-refractivity contribution < 1.29 is 132 Å². The number of carbonyl (C=O) groups excluding carboxylic acids is 7. The molecule has 0 saturated carbocycles. The Bertz CT molecular complexity index is 5030. The number of hydrogen-bond acceptors (Lipinski definition) is 27. The fourth-order valence-corrected chi connectivity index (χ4v) is 15.1. The fourth-order valence-electron chi connectivity index (χ4n) is 14.6. The number of carboxylic acid groups (broad SMARTS) is 2. The molecule has 19 atom stereocenters. The average Bonchev–Trinajstić information content (AvgIpc) is 0.768. The third-order valence-corrected chi connectivity index (χ3v) is 21.5. The van der Waals surface area contributed by atoms with Crippen LogP contribution in [0.5, 0.6) is 46.0 Å². The van der Waals surface area contributed by atoms with Crippen LogP contribution in [0.25, 0.3) is 22.3 Å². The van der Waals surface area contributed by atoms with E-state index in [1.807, 2.05) is 42.5 Å². The Balaban J connectivity index is 1.01. The highest BCUT2D eigenvalue weighted by Crippen LogP contribution is 2.50. The molecule has 36 nitrogen and oxygen atoms in total. The lowest BCUT2D eigenvalue weighted by molar-refractivity contribution is -0.334. The molecule has 0 aromatic heterocycles. The SMILES string of the molecule is CC(C)C[C@@H](N)C(=O)NC1C(=O)N[C@@H](CC(N)=O)C(=O)N[C@H]2C(=O)NC3C(=O)N[C@H](C(=O)NC(C(=O)O)c4cc(O)cc(O)c4-c4cc3ccc4O)[C@H](O)c3ccc(c(Cl)c3)Oc3cc2cc(c3OC2OC(CO)C(O)C(O)C2OC2CC(C)(NCC(OCc3ccc(-c4ccccc4)cc3)C(=O)O)C(O)C(C)O2)Oc2ccc(cc2Cl)[C@H]1O. The van der Waals surface area contributed by atoms with Gasteiger partial charge >= 0.3 is 11.9 Å².